The number of alkyl halides is 1. The molecule has 1 aromatic carbocycles. The van der Waals surface area contributed by atoms with E-state index in [0.29, 0.717) is 12.0 Å². The van der Waals surface area contributed by atoms with Crippen molar-refractivity contribution >= 4 is 27.5 Å². The minimum Gasteiger partial charge on any atom is -0.482 e. The van der Waals surface area contributed by atoms with Gasteiger partial charge in [-0.3, -0.25) is 9.69 Å². The minimum absolute atomic E-state index is 0.0476. The molecule has 0 unspecified atom stereocenters. The zero-order valence-corrected chi connectivity index (χ0v) is 9.66. The van der Waals surface area contributed by atoms with Gasteiger partial charge in [0.2, 0.25) is 0 Å². The molecule has 1 aliphatic heterocycles. The van der Waals surface area contributed by atoms with Crippen molar-refractivity contribution in [1.82, 2.24) is 0 Å². The molecule has 0 saturated heterocycles. The van der Waals surface area contributed by atoms with Gasteiger partial charge in [0.15, 0.2) is 6.61 Å². The standard InChI is InChI=1S/C10H11BrN2O2/c11-6-13-8-3-7(4-12)1-2-9(8)15-5-10(13)14/h1-3H,4-6,12H2. The summed E-state index contributed by atoms with van der Waals surface area (Å²) in [7, 11) is 0. The van der Waals surface area contributed by atoms with Crippen molar-refractivity contribution in [3.05, 3.63) is 23.8 Å². The van der Waals surface area contributed by atoms with E-state index in [-0.39, 0.29) is 12.5 Å². The molecule has 0 atom stereocenters. The van der Waals surface area contributed by atoms with Crippen molar-refractivity contribution in [2.24, 2.45) is 5.73 Å². The fourth-order valence-corrected chi connectivity index (χ4v) is 2.06. The van der Waals surface area contributed by atoms with E-state index < -0.39 is 0 Å². The van der Waals surface area contributed by atoms with Gasteiger partial charge in [0.05, 0.1) is 11.1 Å². The van der Waals surface area contributed by atoms with Crippen LogP contribution in [0, 0.1) is 0 Å². The minimum atomic E-state index is -0.0476. The predicted molar refractivity (Wildman–Crippen MR) is 61.1 cm³/mol. The summed E-state index contributed by atoms with van der Waals surface area (Å²) >= 11 is 3.29. The average Bonchev–Trinajstić information content (AvgIpc) is 2.28. The third-order valence-corrected chi connectivity index (χ3v) is 2.82. The lowest BCUT2D eigenvalue weighted by molar-refractivity contribution is -0.121. The second kappa shape index (κ2) is 4.20. The molecule has 2 rings (SSSR count). The number of fused-ring (bicyclic) bond motifs is 1. The fraction of sp³-hybridized carbons (Fsp3) is 0.300. The van der Waals surface area contributed by atoms with Gasteiger partial charge in [-0.15, -0.1) is 0 Å². The lowest BCUT2D eigenvalue weighted by Crippen LogP contribution is -2.37. The Morgan fingerprint density at radius 3 is 3.00 bits per heavy atom. The van der Waals surface area contributed by atoms with Crippen LogP contribution in [0.3, 0.4) is 0 Å². The van der Waals surface area contributed by atoms with E-state index in [0.717, 1.165) is 17.0 Å². The first kappa shape index (κ1) is 10.4. The first-order valence-electron chi connectivity index (χ1n) is 4.58. The third kappa shape index (κ3) is 1.85. The molecule has 1 aliphatic rings. The Labute approximate surface area is 96.1 Å². The number of ether oxygens (including phenoxy) is 1. The number of carbonyl (C=O) groups is 1. The number of anilines is 1. The van der Waals surface area contributed by atoms with Crippen LogP contribution >= 0.6 is 15.9 Å². The largest absolute Gasteiger partial charge is 0.482 e. The number of carbonyl (C=O) groups excluding carboxylic acids is 1. The summed E-state index contributed by atoms with van der Waals surface area (Å²) < 4.78 is 5.31. The Morgan fingerprint density at radius 1 is 1.53 bits per heavy atom. The first-order valence-corrected chi connectivity index (χ1v) is 5.70. The highest BCUT2D eigenvalue weighted by atomic mass is 79.9. The third-order valence-electron chi connectivity index (χ3n) is 2.32. The quantitative estimate of drug-likeness (QED) is 0.650. The molecule has 0 radical (unpaired) electrons. The number of halogens is 1. The number of nitrogens with two attached hydrogens (primary N) is 1. The Hall–Kier alpha value is -1.07. The maximum atomic E-state index is 11.5. The monoisotopic (exact) mass is 270 g/mol. The molecule has 2 N–H and O–H groups in total. The maximum absolute atomic E-state index is 11.5. The molecule has 0 bridgehead atoms. The van der Waals surface area contributed by atoms with Crippen LogP contribution < -0.4 is 15.4 Å². The number of benzene rings is 1. The molecule has 0 aromatic heterocycles. The molecule has 5 heteroatoms. The molecule has 4 nitrogen and oxygen atoms in total. The van der Waals surface area contributed by atoms with Crippen molar-refractivity contribution < 1.29 is 9.53 Å². The normalized spacial score (nSPS) is 14.8. The van der Waals surface area contributed by atoms with Crippen LogP contribution in [0.5, 0.6) is 5.75 Å². The van der Waals surface area contributed by atoms with E-state index in [2.05, 4.69) is 15.9 Å². The Kier molecular flexibility index (Phi) is 2.93. The van der Waals surface area contributed by atoms with E-state index in [9.17, 15) is 4.79 Å². The zero-order valence-electron chi connectivity index (χ0n) is 8.07. The predicted octanol–water partition coefficient (Wildman–Crippen LogP) is 1.22. The van der Waals surface area contributed by atoms with Gasteiger partial charge in [0.1, 0.15) is 5.75 Å². The van der Waals surface area contributed by atoms with Gasteiger partial charge in [-0.25, -0.2) is 0 Å². The average molecular weight is 271 g/mol. The molecule has 15 heavy (non-hydrogen) atoms. The number of amides is 1. The van der Waals surface area contributed by atoms with Gasteiger partial charge in [0.25, 0.3) is 5.91 Å². The van der Waals surface area contributed by atoms with E-state index in [1.807, 2.05) is 18.2 Å². The van der Waals surface area contributed by atoms with Crippen LogP contribution in [0.4, 0.5) is 5.69 Å². The van der Waals surface area contributed by atoms with Crippen LogP contribution in [-0.4, -0.2) is 18.0 Å². The van der Waals surface area contributed by atoms with Crippen LogP contribution in [0.15, 0.2) is 18.2 Å². The molecule has 0 spiro atoms. The topological polar surface area (TPSA) is 55.6 Å². The van der Waals surface area contributed by atoms with Crippen molar-refractivity contribution in [1.29, 1.82) is 0 Å². The highest BCUT2D eigenvalue weighted by Crippen LogP contribution is 2.33. The molecule has 1 aromatic rings. The van der Waals surface area contributed by atoms with Crippen LogP contribution in [0.1, 0.15) is 5.56 Å². The van der Waals surface area contributed by atoms with Crippen LogP contribution in [0.25, 0.3) is 0 Å². The zero-order chi connectivity index (χ0) is 10.8. The van der Waals surface area contributed by atoms with Gasteiger partial charge < -0.3 is 10.5 Å². The molecule has 0 fully saturated rings. The van der Waals surface area contributed by atoms with Gasteiger partial charge >= 0.3 is 0 Å². The van der Waals surface area contributed by atoms with Gasteiger partial charge in [-0.2, -0.15) is 0 Å². The van der Waals surface area contributed by atoms with Crippen molar-refractivity contribution in [3.8, 4) is 5.75 Å². The molecule has 1 heterocycles. The summed E-state index contributed by atoms with van der Waals surface area (Å²) in [5, 5.41) is 0. The second-order valence-corrected chi connectivity index (χ2v) is 3.74. The number of hydrogen-bond donors (Lipinski definition) is 1. The Balaban J connectivity index is 2.45. The summed E-state index contributed by atoms with van der Waals surface area (Å²) in [6.45, 7) is 0.554. The lowest BCUT2D eigenvalue weighted by Gasteiger charge is -2.28. The summed E-state index contributed by atoms with van der Waals surface area (Å²) in [4.78, 5) is 13.2. The Bertz CT molecular complexity index is 395. The van der Waals surface area contributed by atoms with Crippen LogP contribution in [-0.2, 0) is 11.3 Å². The van der Waals surface area contributed by atoms with Crippen LogP contribution in [0.2, 0.25) is 0 Å². The molecule has 1 amide bonds. The van der Waals surface area contributed by atoms with Gasteiger partial charge in [0, 0.05) is 6.54 Å². The van der Waals surface area contributed by atoms with Crippen molar-refractivity contribution in [2.75, 3.05) is 17.0 Å². The fourth-order valence-electron chi connectivity index (χ4n) is 1.51. The highest BCUT2D eigenvalue weighted by Gasteiger charge is 2.24. The summed E-state index contributed by atoms with van der Waals surface area (Å²) in [6.07, 6.45) is 0. The molecule has 0 aliphatic carbocycles. The number of hydrogen-bond acceptors (Lipinski definition) is 3. The Morgan fingerprint density at radius 2 is 2.33 bits per heavy atom. The lowest BCUT2D eigenvalue weighted by atomic mass is 10.1. The SMILES string of the molecule is NCc1ccc2c(c1)N(CBr)C(=O)CO2. The van der Waals surface area contributed by atoms with E-state index in [1.165, 1.54) is 0 Å². The second-order valence-electron chi connectivity index (χ2n) is 3.24. The number of rotatable bonds is 2. The maximum Gasteiger partial charge on any atom is 0.265 e. The van der Waals surface area contributed by atoms with E-state index in [4.69, 9.17) is 10.5 Å². The first-order chi connectivity index (χ1) is 7.26. The summed E-state index contributed by atoms with van der Waals surface area (Å²) in [5.41, 5.74) is 7.78. The summed E-state index contributed by atoms with van der Waals surface area (Å²) in [6, 6.07) is 5.63. The van der Waals surface area contributed by atoms with E-state index in [1.54, 1.807) is 4.90 Å². The van der Waals surface area contributed by atoms with E-state index >= 15 is 0 Å². The molecular formula is C10H11BrN2O2. The van der Waals surface area contributed by atoms with Gasteiger partial charge in [-0.1, -0.05) is 22.0 Å². The number of nitrogens with zero attached hydrogens (tertiary/aromatic N) is 1. The van der Waals surface area contributed by atoms with Gasteiger partial charge in [-0.05, 0) is 17.7 Å². The molecule has 0 saturated carbocycles. The van der Waals surface area contributed by atoms with Crippen molar-refractivity contribution in [3.63, 3.8) is 0 Å². The van der Waals surface area contributed by atoms with Crippen molar-refractivity contribution in [2.45, 2.75) is 6.54 Å². The highest BCUT2D eigenvalue weighted by molar-refractivity contribution is 9.09. The smallest absolute Gasteiger partial charge is 0.265 e. The summed E-state index contributed by atoms with van der Waals surface area (Å²) in [5.74, 6) is 0.680. The molecular weight excluding hydrogens is 260 g/mol. The molecule has 80 valence electrons.